The summed E-state index contributed by atoms with van der Waals surface area (Å²) in [4.78, 5) is 0. The fraction of sp³-hybridized carbons (Fsp3) is 0.167. The van der Waals surface area contributed by atoms with Crippen LogP contribution in [0.3, 0.4) is 0 Å². The van der Waals surface area contributed by atoms with Crippen molar-refractivity contribution in [3.05, 3.63) is 52.0 Å². The van der Waals surface area contributed by atoms with E-state index in [1.807, 2.05) is 12.1 Å². The highest BCUT2D eigenvalue weighted by atomic mass is 79.9. The first-order valence-corrected chi connectivity index (χ1v) is 5.05. The molecule has 1 aromatic rings. The lowest BCUT2D eigenvalue weighted by Crippen LogP contribution is -1.69. The Labute approximate surface area is 88.1 Å². The summed E-state index contributed by atoms with van der Waals surface area (Å²) in [6, 6.07) is 8.25. The van der Waals surface area contributed by atoms with Crippen molar-refractivity contribution in [2.75, 3.05) is 0 Å². The van der Waals surface area contributed by atoms with E-state index in [0.717, 1.165) is 4.47 Å². The molecule has 13 heavy (non-hydrogen) atoms. The third-order valence-corrected chi connectivity index (χ3v) is 2.12. The Morgan fingerprint density at radius 2 is 1.77 bits per heavy atom. The van der Waals surface area contributed by atoms with Crippen LogP contribution < -0.4 is 0 Å². The van der Waals surface area contributed by atoms with E-state index in [9.17, 15) is 0 Å². The van der Waals surface area contributed by atoms with Crippen molar-refractivity contribution in [3.8, 4) is 0 Å². The summed E-state index contributed by atoms with van der Waals surface area (Å²) in [5, 5.41) is 0. The van der Waals surface area contributed by atoms with Gasteiger partial charge in [-0.3, -0.25) is 0 Å². The predicted molar refractivity (Wildman–Crippen MR) is 62.6 cm³/mol. The molecular weight excluding hydrogens is 224 g/mol. The van der Waals surface area contributed by atoms with Gasteiger partial charge in [-0.15, -0.1) is 0 Å². The van der Waals surface area contributed by atoms with Gasteiger partial charge in [0.15, 0.2) is 0 Å². The molecule has 0 saturated carbocycles. The summed E-state index contributed by atoms with van der Waals surface area (Å²) < 4.78 is 1.12. The first kappa shape index (κ1) is 10.3. The van der Waals surface area contributed by atoms with Crippen molar-refractivity contribution in [2.45, 2.75) is 13.8 Å². The Morgan fingerprint density at radius 3 is 2.31 bits per heavy atom. The van der Waals surface area contributed by atoms with E-state index in [1.165, 1.54) is 11.1 Å². The van der Waals surface area contributed by atoms with Crippen LogP contribution >= 0.6 is 15.9 Å². The predicted octanol–water partition coefficient (Wildman–Crippen LogP) is 4.43. The largest absolute Gasteiger partial charge is 0.0764 e. The van der Waals surface area contributed by atoms with E-state index in [-0.39, 0.29) is 0 Å². The molecule has 0 aromatic heterocycles. The summed E-state index contributed by atoms with van der Waals surface area (Å²) >= 11 is 3.40. The molecule has 0 radical (unpaired) electrons. The molecule has 0 atom stereocenters. The van der Waals surface area contributed by atoms with Crippen LogP contribution in [0.5, 0.6) is 0 Å². The topological polar surface area (TPSA) is 0 Å². The molecule has 0 bridgehead atoms. The molecule has 0 N–H and O–H groups in total. The Balaban J connectivity index is 2.70. The third kappa shape index (κ3) is 4.09. The molecule has 0 saturated heterocycles. The number of allylic oxidation sites excluding steroid dienone is 3. The maximum atomic E-state index is 3.40. The summed E-state index contributed by atoms with van der Waals surface area (Å²) in [5.41, 5.74) is 2.54. The molecule has 0 aliphatic heterocycles. The highest BCUT2D eigenvalue weighted by Crippen LogP contribution is 2.11. The normalized spacial score (nSPS) is 10.4. The first-order valence-electron chi connectivity index (χ1n) is 4.25. The van der Waals surface area contributed by atoms with Gasteiger partial charge in [-0.2, -0.15) is 0 Å². The van der Waals surface area contributed by atoms with E-state index >= 15 is 0 Å². The number of halogens is 1. The number of rotatable bonds is 2. The zero-order valence-electron chi connectivity index (χ0n) is 7.92. The minimum Gasteiger partial charge on any atom is -0.0764 e. The lowest BCUT2D eigenvalue weighted by atomic mass is 10.2. The van der Waals surface area contributed by atoms with Crippen LogP contribution in [0.1, 0.15) is 19.4 Å². The highest BCUT2D eigenvalue weighted by molar-refractivity contribution is 9.10. The monoisotopic (exact) mass is 236 g/mol. The summed E-state index contributed by atoms with van der Waals surface area (Å²) in [7, 11) is 0. The van der Waals surface area contributed by atoms with Crippen molar-refractivity contribution in [1.82, 2.24) is 0 Å². The molecule has 0 fully saturated rings. The van der Waals surface area contributed by atoms with Gasteiger partial charge in [0.25, 0.3) is 0 Å². The minimum absolute atomic E-state index is 1.12. The number of hydrogen-bond donors (Lipinski definition) is 0. The molecule has 68 valence electrons. The van der Waals surface area contributed by atoms with Gasteiger partial charge in [-0.05, 0) is 31.5 Å². The zero-order chi connectivity index (χ0) is 9.68. The smallest absolute Gasteiger partial charge is 0.0175 e. The Morgan fingerprint density at radius 1 is 1.15 bits per heavy atom. The SMILES string of the molecule is CC(C)=C/C=C/c1ccc(Br)cc1. The van der Waals surface area contributed by atoms with Crippen LogP contribution in [-0.2, 0) is 0 Å². The van der Waals surface area contributed by atoms with E-state index in [4.69, 9.17) is 0 Å². The molecule has 1 rings (SSSR count). The maximum absolute atomic E-state index is 3.40. The second-order valence-electron chi connectivity index (χ2n) is 3.15. The van der Waals surface area contributed by atoms with Crippen LogP contribution in [0.4, 0.5) is 0 Å². The maximum Gasteiger partial charge on any atom is 0.0175 e. The van der Waals surface area contributed by atoms with Gasteiger partial charge in [-0.1, -0.05) is 51.9 Å². The molecule has 0 unspecified atom stereocenters. The fourth-order valence-corrected chi connectivity index (χ4v) is 1.19. The van der Waals surface area contributed by atoms with Crippen molar-refractivity contribution in [2.24, 2.45) is 0 Å². The Hall–Kier alpha value is -0.820. The third-order valence-electron chi connectivity index (χ3n) is 1.59. The standard InChI is InChI=1S/C12H13Br/c1-10(2)4-3-5-11-6-8-12(13)9-7-11/h3-9H,1-2H3/b5-3+. The highest BCUT2D eigenvalue weighted by Gasteiger charge is 1.85. The fourth-order valence-electron chi connectivity index (χ4n) is 0.926. The van der Waals surface area contributed by atoms with Crippen molar-refractivity contribution in [1.29, 1.82) is 0 Å². The molecule has 1 heteroatoms. The van der Waals surface area contributed by atoms with Crippen LogP contribution in [-0.4, -0.2) is 0 Å². The lowest BCUT2D eigenvalue weighted by Gasteiger charge is -1.92. The van der Waals surface area contributed by atoms with Gasteiger partial charge in [0.1, 0.15) is 0 Å². The summed E-state index contributed by atoms with van der Waals surface area (Å²) in [6.07, 6.45) is 6.26. The van der Waals surface area contributed by atoms with E-state index in [2.05, 4.69) is 60.1 Å². The summed E-state index contributed by atoms with van der Waals surface area (Å²) in [5.74, 6) is 0. The van der Waals surface area contributed by atoms with Crippen LogP contribution in [0.15, 0.2) is 46.5 Å². The van der Waals surface area contributed by atoms with Gasteiger partial charge in [0, 0.05) is 4.47 Å². The molecule has 0 aliphatic carbocycles. The average Bonchev–Trinajstić information content (AvgIpc) is 2.08. The summed E-state index contributed by atoms with van der Waals surface area (Å²) in [6.45, 7) is 4.18. The second-order valence-corrected chi connectivity index (χ2v) is 4.07. The number of benzene rings is 1. The molecule has 0 amide bonds. The van der Waals surface area contributed by atoms with Crippen LogP contribution in [0.2, 0.25) is 0 Å². The Bertz CT molecular complexity index is 313. The quantitative estimate of drug-likeness (QED) is 0.667. The van der Waals surface area contributed by atoms with Gasteiger partial charge in [0.2, 0.25) is 0 Å². The average molecular weight is 237 g/mol. The Kier molecular flexibility index (Phi) is 3.97. The molecular formula is C12H13Br. The van der Waals surface area contributed by atoms with E-state index in [0.29, 0.717) is 0 Å². The molecule has 0 aliphatic rings. The molecule has 0 nitrogen and oxygen atoms in total. The van der Waals surface area contributed by atoms with E-state index in [1.54, 1.807) is 0 Å². The van der Waals surface area contributed by atoms with Crippen LogP contribution in [0.25, 0.3) is 6.08 Å². The van der Waals surface area contributed by atoms with Gasteiger partial charge < -0.3 is 0 Å². The van der Waals surface area contributed by atoms with Crippen molar-refractivity contribution < 1.29 is 0 Å². The molecule has 0 spiro atoms. The minimum atomic E-state index is 1.12. The van der Waals surface area contributed by atoms with Gasteiger partial charge in [-0.25, -0.2) is 0 Å². The molecule has 0 heterocycles. The molecule has 1 aromatic carbocycles. The van der Waals surface area contributed by atoms with Gasteiger partial charge in [0.05, 0.1) is 0 Å². The lowest BCUT2D eigenvalue weighted by molar-refractivity contribution is 1.40. The zero-order valence-corrected chi connectivity index (χ0v) is 9.51. The van der Waals surface area contributed by atoms with Crippen molar-refractivity contribution in [3.63, 3.8) is 0 Å². The second kappa shape index (κ2) is 5.03. The van der Waals surface area contributed by atoms with E-state index < -0.39 is 0 Å². The number of hydrogen-bond acceptors (Lipinski definition) is 0. The van der Waals surface area contributed by atoms with Crippen LogP contribution in [0, 0.1) is 0 Å². The van der Waals surface area contributed by atoms with Crippen molar-refractivity contribution >= 4 is 22.0 Å². The van der Waals surface area contributed by atoms with Gasteiger partial charge >= 0.3 is 0 Å². The first-order chi connectivity index (χ1) is 6.18.